The lowest BCUT2D eigenvalue weighted by atomic mass is 10.2. The second-order valence-electron chi connectivity index (χ2n) is 8.35. The average Bonchev–Trinajstić information content (AvgIpc) is 3.22. The average molecular weight is 518 g/mol. The number of rotatable bonds is 7. The van der Waals surface area contributed by atoms with Crippen LogP contribution in [0.4, 0.5) is 10.5 Å². The molecule has 1 aromatic heterocycles. The Balaban J connectivity index is 0.000000434. The molecule has 1 heterocycles. The summed E-state index contributed by atoms with van der Waals surface area (Å²) in [5, 5.41) is 18.6. The maximum atomic E-state index is 11.3. The quantitative estimate of drug-likeness (QED) is 0.266. The Bertz CT molecular complexity index is 1270. The summed E-state index contributed by atoms with van der Waals surface area (Å²) < 4.78 is 12.1. The van der Waals surface area contributed by atoms with Crippen molar-refractivity contribution in [2.75, 3.05) is 13.7 Å². The molecule has 192 valence electrons. The second-order valence-corrected chi connectivity index (χ2v) is 8.73. The number of ether oxygens (including phenoxy) is 2. The van der Waals surface area contributed by atoms with Crippen molar-refractivity contribution >= 4 is 40.2 Å². The molecule has 0 saturated heterocycles. The lowest BCUT2D eigenvalue weighted by Crippen LogP contribution is -2.30. The Labute approximate surface area is 213 Å². The van der Waals surface area contributed by atoms with Crippen molar-refractivity contribution in [3.63, 3.8) is 0 Å². The van der Waals surface area contributed by atoms with Gasteiger partial charge in [0.05, 0.1) is 23.2 Å². The summed E-state index contributed by atoms with van der Waals surface area (Å²) in [6.07, 6.45) is 4.98. The predicted octanol–water partition coefficient (Wildman–Crippen LogP) is 4.47. The third-order valence-corrected chi connectivity index (χ3v) is 4.82. The van der Waals surface area contributed by atoms with Gasteiger partial charge in [-0.2, -0.15) is 5.10 Å². The number of aromatic nitrogens is 2. The molecule has 12 heteroatoms. The first kappa shape index (κ1) is 28.1. The van der Waals surface area contributed by atoms with Crippen LogP contribution in [0.5, 0.6) is 5.75 Å². The summed E-state index contributed by atoms with van der Waals surface area (Å²) in [6, 6.07) is 10.1. The highest BCUT2D eigenvalue weighted by Gasteiger charge is 2.21. The number of alkyl carbamates (subject to hydrolysis) is 1. The number of amides is 2. The summed E-state index contributed by atoms with van der Waals surface area (Å²) >= 11 is 5.98. The van der Waals surface area contributed by atoms with Crippen LogP contribution >= 0.6 is 11.6 Å². The summed E-state index contributed by atoms with van der Waals surface area (Å²) in [5.41, 5.74) is 5.33. The number of benzene rings is 2. The number of para-hydroxylation sites is 1. The fourth-order valence-corrected chi connectivity index (χ4v) is 3.08. The van der Waals surface area contributed by atoms with E-state index in [1.54, 1.807) is 12.3 Å². The first-order valence-electron chi connectivity index (χ1n) is 10.8. The van der Waals surface area contributed by atoms with E-state index in [0.717, 1.165) is 17.0 Å². The van der Waals surface area contributed by atoms with Crippen LogP contribution in [0.2, 0.25) is 5.02 Å². The SMILES string of the molecule is CNC(=O)OC(C)(C)C.NC(=O)c1cc(OC/C=C/Cn2ncc3ccccc32)c(Cl)c([N+](=O)[O-])c1. The molecule has 0 bridgehead atoms. The fraction of sp³-hybridized carbons (Fsp3) is 0.292. The van der Waals surface area contributed by atoms with Gasteiger partial charge in [-0.1, -0.05) is 35.9 Å². The zero-order chi connectivity index (χ0) is 26.9. The minimum absolute atomic E-state index is 0.0221. The highest BCUT2D eigenvalue weighted by Crippen LogP contribution is 2.35. The van der Waals surface area contributed by atoms with E-state index in [1.807, 2.05) is 55.8 Å². The van der Waals surface area contributed by atoms with E-state index in [-0.39, 0.29) is 34.6 Å². The number of halogens is 1. The van der Waals surface area contributed by atoms with Crippen molar-refractivity contribution in [1.82, 2.24) is 15.1 Å². The van der Waals surface area contributed by atoms with Crippen molar-refractivity contribution in [3.05, 3.63) is 75.4 Å². The van der Waals surface area contributed by atoms with Gasteiger partial charge >= 0.3 is 6.09 Å². The number of allylic oxidation sites excluding steroid dienone is 1. The van der Waals surface area contributed by atoms with Crippen LogP contribution in [0.1, 0.15) is 31.1 Å². The molecule has 36 heavy (non-hydrogen) atoms. The molecule has 11 nitrogen and oxygen atoms in total. The number of carbonyl (C=O) groups excluding carboxylic acids is 2. The molecular weight excluding hydrogens is 490 g/mol. The smallest absolute Gasteiger partial charge is 0.407 e. The monoisotopic (exact) mass is 517 g/mol. The number of carbonyl (C=O) groups is 2. The molecule has 0 saturated carbocycles. The van der Waals surface area contributed by atoms with Crippen molar-refractivity contribution in [3.8, 4) is 5.75 Å². The van der Waals surface area contributed by atoms with Crippen LogP contribution < -0.4 is 15.8 Å². The molecule has 3 N–H and O–H groups in total. The van der Waals surface area contributed by atoms with Gasteiger partial charge in [0.2, 0.25) is 5.91 Å². The minimum Gasteiger partial charge on any atom is -0.488 e. The lowest BCUT2D eigenvalue weighted by molar-refractivity contribution is -0.384. The first-order valence-corrected chi connectivity index (χ1v) is 11.2. The third-order valence-electron chi connectivity index (χ3n) is 4.44. The minimum atomic E-state index is -0.805. The molecule has 2 aromatic carbocycles. The molecule has 0 aliphatic carbocycles. The molecule has 0 unspecified atom stereocenters. The van der Waals surface area contributed by atoms with Gasteiger partial charge in [-0.3, -0.25) is 19.6 Å². The molecular formula is C24H28ClN5O6. The van der Waals surface area contributed by atoms with Gasteiger partial charge in [0.25, 0.3) is 5.69 Å². The lowest BCUT2D eigenvalue weighted by Gasteiger charge is -2.18. The normalized spacial score (nSPS) is 11.0. The van der Waals surface area contributed by atoms with Gasteiger partial charge in [0.1, 0.15) is 18.0 Å². The van der Waals surface area contributed by atoms with E-state index in [0.29, 0.717) is 6.54 Å². The van der Waals surface area contributed by atoms with E-state index < -0.39 is 16.5 Å². The molecule has 3 rings (SSSR count). The van der Waals surface area contributed by atoms with Gasteiger partial charge in [0, 0.05) is 24.1 Å². The van der Waals surface area contributed by atoms with E-state index in [4.69, 9.17) is 26.8 Å². The Morgan fingerprint density at radius 3 is 2.53 bits per heavy atom. The summed E-state index contributed by atoms with van der Waals surface area (Å²) in [7, 11) is 1.54. The van der Waals surface area contributed by atoms with Gasteiger partial charge in [-0.25, -0.2) is 4.79 Å². The maximum Gasteiger partial charge on any atom is 0.407 e. The molecule has 0 aliphatic heterocycles. The summed E-state index contributed by atoms with van der Waals surface area (Å²) in [4.78, 5) is 32.2. The third kappa shape index (κ3) is 8.27. The number of primary amides is 1. The van der Waals surface area contributed by atoms with Crippen LogP contribution in [0.25, 0.3) is 10.9 Å². The standard InChI is InChI=1S/C18H15ClN4O4.C6H13NO2/c19-17-15(23(25)26)9-13(18(20)24)10-16(17)27-8-4-3-7-22-14-6-2-1-5-12(14)11-21-22;1-6(2,3)9-5(8)7-4/h1-6,9-11H,7-8H2,(H2,20,24);1-4H3,(H,7,8)/b4-3+;. The van der Waals surface area contributed by atoms with E-state index >= 15 is 0 Å². The molecule has 2 amide bonds. The number of hydrogen-bond acceptors (Lipinski definition) is 7. The number of nitro benzene ring substituents is 1. The van der Waals surface area contributed by atoms with Gasteiger partial charge < -0.3 is 20.5 Å². The van der Waals surface area contributed by atoms with Crippen molar-refractivity contribution in [1.29, 1.82) is 0 Å². The molecule has 0 aliphatic rings. The van der Waals surface area contributed by atoms with E-state index in [2.05, 4.69) is 10.4 Å². The zero-order valence-corrected chi connectivity index (χ0v) is 21.1. The number of hydrogen-bond donors (Lipinski definition) is 2. The summed E-state index contributed by atoms with van der Waals surface area (Å²) in [5.74, 6) is -0.783. The van der Waals surface area contributed by atoms with Crippen molar-refractivity contribution in [2.24, 2.45) is 5.73 Å². The van der Waals surface area contributed by atoms with Crippen LogP contribution in [0.15, 0.2) is 54.7 Å². The van der Waals surface area contributed by atoms with Crippen LogP contribution in [0, 0.1) is 10.1 Å². The van der Waals surface area contributed by atoms with Crippen LogP contribution in [-0.4, -0.2) is 46.0 Å². The van der Waals surface area contributed by atoms with E-state index in [1.165, 1.54) is 13.1 Å². The topological polar surface area (TPSA) is 152 Å². The molecule has 0 spiro atoms. The maximum absolute atomic E-state index is 11.3. The van der Waals surface area contributed by atoms with Gasteiger partial charge in [-0.15, -0.1) is 0 Å². The summed E-state index contributed by atoms with van der Waals surface area (Å²) in [6.45, 7) is 6.11. The largest absolute Gasteiger partial charge is 0.488 e. The Morgan fingerprint density at radius 2 is 1.94 bits per heavy atom. The number of fused-ring (bicyclic) bond motifs is 1. The number of nitrogens with zero attached hydrogens (tertiary/aromatic N) is 3. The van der Waals surface area contributed by atoms with Crippen LogP contribution in [0.3, 0.4) is 0 Å². The van der Waals surface area contributed by atoms with Gasteiger partial charge in [0.15, 0.2) is 5.02 Å². The molecule has 0 radical (unpaired) electrons. The fourth-order valence-electron chi connectivity index (χ4n) is 2.84. The zero-order valence-electron chi connectivity index (χ0n) is 20.4. The van der Waals surface area contributed by atoms with E-state index in [9.17, 15) is 19.7 Å². The Morgan fingerprint density at radius 1 is 1.25 bits per heavy atom. The number of nitrogens with two attached hydrogens (primary N) is 1. The second kappa shape index (κ2) is 12.5. The predicted molar refractivity (Wildman–Crippen MR) is 136 cm³/mol. The highest BCUT2D eigenvalue weighted by atomic mass is 35.5. The molecule has 0 atom stereocenters. The molecule has 0 fully saturated rings. The Hall–Kier alpha value is -4.12. The number of nitro groups is 1. The number of nitrogens with one attached hydrogen (secondary N) is 1. The van der Waals surface area contributed by atoms with Crippen molar-refractivity contribution < 1.29 is 24.0 Å². The van der Waals surface area contributed by atoms with Crippen LogP contribution in [-0.2, 0) is 11.3 Å². The Kier molecular flexibility index (Phi) is 9.80. The molecule has 3 aromatic rings. The van der Waals surface area contributed by atoms with Crippen molar-refractivity contribution in [2.45, 2.75) is 32.9 Å². The van der Waals surface area contributed by atoms with Gasteiger partial charge in [-0.05, 0) is 39.0 Å². The first-order chi connectivity index (χ1) is 16.9. The highest BCUT2D eigenvalue weighted by molar-refractivity contribution is 6.34.